The summed E-state index contributed by atoms with van der Waals surface area (Å²) in [5, 5.41) is 7.65. The van der Waals surface area contributed by atoms with E-state index < -0.39 is 0 Å². The first-order valence-corrected chi connectivity index (χ1v) is 8.46. The normalized spacial score (nSPS) is 19.0. The van der Waals surface area contributed by atoms with Crippen LogP contribution in [-0.2, 0) is 6.54 Å². The third kappa shape index (κ3) is 3.07. The van der Waals surface area contributed by atoms with E-state index in [1.54, 1.807) is 30.6 Å². The van der Waals surface area contributed by atoms with Gasteiger partial charge < -0.3 is 0 Å². The fraction of sp³-hybridized carbons (Fsp3) is 0.353. The second-order valence-corrected chi connectivity index (χ2v) is 6.68. The van der Waals surface area contributed by atoms with E-state index in [2.05, 4.69) is 20.1 Å². The monoisotopic (exact) mass is 343 g/mol. The van der Waals surface area contributed by atoms with Crippen LogP contribution >= 0.6 is 11.6 Å². The molecule has 1 N–H and O–H groups in total. The fourth-order valence-electron chi connectivity index (χ4n) is 3.38. The quantitative estimate of drug-likeness (QED) is 0.793. The Morgan fingerprint density at radius 2 is 2.25 bits per heavy atom. The number of piperidine rings is 1. The van der Waals surface area contributed by atoms with Crippen molar-refractivity contribution in [2.45, 2.75) is 25.3 Å². The first-order chi connectivity index (χ1) is 11.7. The maximum Gasteiger partial charge on any atom is 0.258 e. The predicted octanol–water partition coefficient (Wildman–Crippen LogP) is 2.45. The molecule has 0 unspecified atom stereocenters. The van der Waals surface area contributed by atoms with E-state index in [4.69, 9.17) is 11.6 Å². The Balaban J connectivity index is 1.55. The van der Waals surface area contributed by atoms with E-state index >= 15 is 0 Å². The zero-order valence-corrected chi connectivity index (χ0v) is 13.9. The molecule has 124 valence electrons. The molecule has 0 saturated carbocycles. The minimum Gasteiger partial charge on any atom is -0.297 e. The lowest BCUT2D eigenvalue weighted by Gasteiger charge is -2.31. The number of aromatic amines is 1. The van der Waals surface area contributed by atoms with Crippen LogP contribution in [0.25, 0.3) is 5.65 Å². The van der Waals surface area contributed by atoms with Gasteiger partial charge in [0.25, 0.3) is 5.56 Å². The molecule has 3 aromatic rings. The van der Waals surface area contributed by atoms with Gasteiger partial charge in [-0.2, -0.15) is 5.10 Å². The number of hydrogen-bond donors (Lipinski definition) is 1. The SMILES string of the molecule is O=c1cc(CN2CCC[C@@H](c3ccn[nH]3)C2)nc2ccc(Cl)cn12. The molecule has 1 fully saturated rings. The van der Waals surface area contributed by atoms with Crippen molar-refractivity contribution in [2.75, 3.05) is 13.1 Å². The van der Waals surface area contributed by atoms with Gasteiger partial charge in [-0.05, 0) is 37.6 Å². The van der Waals surface area contributed by atoms with Gasteiger partial charge in [-0.25, -0.2) is 4.98 Å². The molecule has 7 heteroatoms. The highest BCUT2D eigenvalue weighted by Gasteiger charge is 2.22. The Morgan fingerprint density at radius 3 is 3.08 bits per heavy atom. The van der Waals surface area contributed by atoms with E-state index in [-0.39, 0.29) is 5.56 Å². The molecule has 0 radical (unpaired) electrons. The van der Waals surface area contributed by atoms with Gasteiger partial charge in [0.05, 0.1) is 10.7 Å². The van der Waals surface area contributed by atoms with Crippen LogP contribution in [0.3, 0.4) is 0 Å². The summed E-state index contributed by atoms with van der Waals surface area (Å²) in [5.41, 5.74) is 2.51. The van der Waals surface area contributed by atoms with Crippen molar-refractivity contribution in [1.82, 2.24) is 24.5 Å². The second-order valence-electron chi connectivity index (χ2n) is 6.25. The second kappa shape index (κ2) is 6.37. The minimum atomic E-state index is -0.0976. The van der Waals surface area contributed by atoms with Crippen LogP contribution in [0, 0.1) is 0 Å². The average Bonchev–Trinajstić information content (AvgIpc) is 3.10. The van der Waals surface area contributed by atoms with Crippen molar-refractivity contribution < 1.29 is 0 Å². The molecular formula is C17H18ClN5O. The third-order valence-electron chi connectivity index (χ3n) is 4.53. The number of pyridine rings is 1. The standard InChI is InChI=1S/C17H18ClN5O/c18-13-3-4-16-20-14(8-17(24)23(16)10-13)11-22-7-1-2-12(9-22)15-5-6-19-21-15/h3-6,8,10,12H,1-2,7,9,11H2,(H,19,21)/t12-/m1/s1. The predicted molar refractivity (Wildman–Crippen MR) is 92.3 cm³/mol. The summed E-state index contributed by atoms with van der Waals surface area (Å²) < 4.78 is 1.48. The van der Waals surface area contributed by atoms with Crippen molar-refractivity contribution >= 4 is 17.2 Å². The summed E-state index contributed by atoms with van der Waals surface area (Å²) in [4.78, 5) is 19.2. The van der Waals surface area contributed by atoms with Crippen LogP contribution in [0.5, 0.6) is 0 Å². The van der Waals surface area contributed by atoms with E-state index in [1.165, 1.54) is 10.1 Å². The summed E-state index contributed by atoms with van der Waals surface area (Å²) in [6.07, 6.45) is 5.69. The lowest BCUT2D eigenvalue weighted by Crippen LogP contribution is -2.34. The molecule has 1 saturated heterocycles. The van der Waals surface area contributed by atoms with Crippen molar-refractivity contribution in [3.63, 3.8) is 0 Å². The van der Waals surface area contributed by atoms with Crippen molar-refractivity contribution in [1.29, 1.82) is 0 Å². The van der Waals surface area contributed by atoms with Gasteiger partial charge in [-0.15, -0.1) is 0 Å². The number of nitrogens with zero attached hydrogens (tertiary/aromatic N) is 4. The van der Waals surface area contributed by atoms with E-state index in [0.717, 1.165) is 31.6 Å². The van der Waals surface area contributed by atoms with Crippen LogP contribution in [0.2, 0.25) is 5.02 Å². The molecule has 0 bridgehead atoms. The van der Waals surface area contributed by atoms with Crippen molar-refractivity contribution in [2.24, 2.45) is 0 Å². The van der Waals surface area contributed by atoms with Crippen molar-refractivity contribution in [3.8, 4) is 0 Å². The van der Waals surface area contributed by atoms with Crippen LogP contribution in [0.15, 0.2) is 41.5 Å². The number of aromatic nitrogens is 4. The van der Waals surface area contributed by atoms with Crippen LogP contribution in [-0.4, -0.2) is 37.6 Å². The molecule has 1 aliphatic rings. The highest BCUT2D eigenvalue weighted by molar-refractivity contribution is 6.30. The summed E-state index contributed by atoms with van der Waals surface area (Å²) >= 11 is 5.95. The summed E-state index contributed by atoms with van der Waals surface area (Å²) in [7, 11) is 0. The molecule has 0 aliphatic carbocycles. The number of halogens is 1. The smallest absolute Gasteiger partial charge is 0.258 e. The Morgan fingerprint density at radius 1 is 1.33 bits per heavy atom. The number of hydrogen-bond acceptors (Lipinski definition) is 4. The number of rotatable bonds is 3. The Hall–Kier alpha value is -2.18. The lowest BCUT2D eigenvalue weighted by atomic mass is 9.95. The van der Waals surface area contributed by atoms with Gasteiger partial charge in [0.15, 0.2) is 0 Å². The molecule has 3 aromatic heterocycles. The molecule has 0 amide bonds. The Kier molecular flexibility index (Phi) is 4.08. The van der Waals surface area contributed by atoms with Crippen LogP contribution < -0.4 is 5.56 Å². The van der Waals surface area contributed by atoms with Gasteiger partial charge in [-0.3, -0.25) is 19.2 Å². The summed E-state index contributed by atoms with van der Waals surface area (Å²) in [6.45, 7) is 2.65. The van der Waals surface area contributed by atoms with Gasteiger partial charge >= 0.3 is 0 Å². The van der Waals surface area contributed by atoms with Crippen LogP contribution in [0.4, 0.5) is 0 Å². The van der Waals surface area contributed by atoms with E-state index in [1.807, 2.05) is 6.07 Å². The molecule has 1 aliphatic heterocycles. The average molecular weight is 344 g/mol. The first kappa shape index (κ1) is 15.4. The van der Waals surface area contributed by atoms with Gasteiger partial charge in [0.2, 0.25) is 0 Å². The van der Waals surface area contributed by atoms with Gasteiger partial charge in [0, 0.05) is 43.2 Å². The van der Waals surface area contributed by atoms with E-state index in [0.29, 0.717) is 23.1 Å². The Labute approximate surface area is 144 Å². The molecule has 0 spiro atoms. The zero-order chi connectivity index (χ0) is 16.5. The molecule has 4 heterocycles. The molecule has 1 atom stereocenters. The van der Waals surface area contributed by atoms with E-state index in [9.17, 15) is 4.79 Å². The van der Waals surface area contributed by atoms with Crippen LogP contribution in [0.1, 0.15) is 30.1 Å². The minimum absolute atomic E-state index is 0.0976. The van der Waals surface area contributed by atoms with Crippen molar-refractivity contribution in [3.05, 3.63) is 63.4 Å². The molecule has 24 heavy (non-hydrogen) atoms. The molecule has 6 nitrogen and oxygen atoms in total. The zero-order valence-electron chi connectivity index (χ0n) is 13.2. The fourth-order valence-corrected chi connectivity index (χ4v) is 3.54. The molecular weight excluding hydrogens is 326 g/mol. The maximum atomic E-state index is 12.3. The molecule has 4 rings (SSSR count). The van der Waals surface area contributed by atoms with Gasteiger partial charge in [0.1, 0.15) is 5.65 Å². The largest absolute Gasteiger partial charge is 0.297 e. The highest BCUT2D eigenvalue weighted by Crippen LogP contribution is 2.25. The Bertz CT molecular complexity index is 905. The summed E-state index contributed by atoms with van der Waals surface area (Å²) in [6, 6.07) is 7.17. The number of nitrogens with one attached hydrogen (secondary N) is 1. The third-order valence-corrected chi connectivity index (χ3v) is 4.75. The molecule has 0 aromatic carbocycles. The first-order valence-electron chi connectivity index (χ1n) is 8.08. The summed E-state index contributed by atoms with van der Waals surface area (Å²) in [5.74, 6) is 0.460. The topological polar surface area (TPSA) is 66.3 Å². The van der Waals surface area contributed by atoms with Gasteiger partial charge in [-0.1, -0.05) is 11.6 Å². The highest BCUT2D eigenvalue weighted by atomic mass is 35.5. The number of fused-ring (bicyclic) bond motifs is 1. The maximum absolute atomic E-state index is 12.3. The number of likely N-dealkylation sites (tertiary alicyclic amines) is 1. The lowest BCUT2D eigenvalue weighted by molar-refractivity contribution is 0.196. The number of H-pyrrole nitrogens is 1.